The molecule has 1 aromatic carbocycles. The van der Waals surface area contributed by atoms with Crippen LogP contribution in [0.1, 0.15) is 34.1 Å². The fraction of sp³-hybridized carbons (Fsp3) is 0.526. The Hall–Kier alpha value is -2.03. The normalized spacial score (nSPS) is 11.9. The minimum Gasteiger partial charge on any atom is -0.332 e. The zero-order chi connectivity index (χ0) is 22.1. The van der Waals surface area contributed by atoms with E-state index in [9.17, 15) is 14.4 Å². The summed E-state index contributed by atoms with van der Waals surface area (Å²) in [7, 11) is 0. The van der Waals surface area contributed by atoms with Crippen LogP contribution in [0.5, 0.6) is 0 Å². The minimum atomic E-state index is -0.883. The van der Waals surface area contributed by atoms with Gasteiger partial charge in [0.2, 0.25) is 5.91 Å². The average molecular weight is 447 g/mol. The highest BCUT2D eigenvalue weighted by Gasteiger charge is 2.30. The molecule has 0 saturated heterocycles. The van der Waals surface area contributed by atoms with Crippen molar-refractivity contribution in [1.29, 1.82) is 0 Å². The number of hydrogen-bond acceptors (Lipinski definition) is 4. The van der Waals surface area contributed by atoms with Gasteiger partial charge >= 0.3 is 6.03 Å². The van der Waals surface area contributed by atoms with Crippen molar-refractivity contribution in [2.45, 2.75) is 40.2 Å². The monoisotopic (exact) mass is 446 g/mol. The van der Waals surface area contributed by atoms with Gasteiger partial charge in [0.15, 0.2) is 0 Å². The molecule has 0 heterocycles. The van der Waals surface area contributed by atoms with Gasteiger partial charge < -0.3 is 15.5 Å². The van der Waals surface area contributed by atoms with Crippen molar-refractivity contribution in [2.75, 3.05) is 18.4 Å². The van der Waals surface area contributed by atoms with Crippen molar-refractivity contribution in [1.82, 2.24) is 15.7 Å². The molecule has 0 saturated carbocycles. The highest BCUT2D eigenvalue weighted by atomic mass is 35.5. The molecule has 0 bridgehead atoms. The molecule has 10 heteroatoms. The van der Waals surface area contributed by atoms with Gasteiger partial charge in [-0.15, -0.1) is 0 Å². The lowest BCUT2D eigenvalue weighted by Gasteiger charge is -2.29. The smallest absolute Gasteiger partial charge is 0.319 e. The number of nitrogens with zero attached hydrogens (tertiary/aromatic N) is 1. The third kappa shape index (κ3) is 8.47. The first-order valence-corrected chi connectivity index (χ1v) is 10.0. The first-order valence-electron chi connectivity index (χ1n) is 9.29. The summed E-state index contributed by atoms with van der Waals surface area (Å²) in [6.07, 6.45) is 0.666. The van der Waals surface area contributed by atoms with Crippen LogP contribution in [0.3, 0.4) is 0 Å². The van der Waals surface area contributed by atoms with Gasteiger partial charge in [-0.05, 0) is 36.5 Å². The number of urea groups is 1. The number of benzene rings is 1. The third-order valence-corrected chi connectivity index (χ3v) is 4.71. The second-order valence-electron chi connectivity index (χ2n) is 7.42. The van der Waals surface area contributed by atoms with E-state index < -0.39 is 23.9 Å². The van der Waals surface area contributed by atoms with Gasteiger partial charge in [-0.1, -0.05) is 50.9 Å². The van der Waals surface area contributed by atoms with E-state index in [1.165, 1.54) is 16.4 Å². The number of nitrogens with one attached hydrogen (secondary N) is 3. The lowest BCUT2D eigenvalue weighted by Crippen LogP contribution is -2.54. The molecule has 4 amide bonds. The molecule has 0 spiro atoms. The fourth-order valence-corrected chi connectivity index (χ4v) is 2.83. The van der Waals surface area contributed by atoms with Crippen LogP contribution in [0.4, 0.5) is 10.5 Å². The van der Waals surface area contributed by atoms with Gasteiger partial charge in [-0.2, -0.15) is 0 Å². The molecule has 4 N–H and O–H groups in total. The molecule has 1 aromatic rings. The molecule has 29 heavy (non-hydrogen) atoms. The van der Waals surface area contributed by atoms with Gasteiger partial charge in [0.1, 0.15) is 12.6 Å². The first-order chi connectivity index (χ1) is 13.5. The average Bonchev–Trinajstić information content (AvgIpc) is 2.64. The Morgan fingerprint density at radius 3 is 2.34 bits per heavy atom. The van der Waals surface area contributed by atoms with Gasteiger partial charge in [0.25, 0.3) is 5.91 Å². The Morgan fingerprint density at radius 1 is 1.14 bits per heavy atom. The van der Waals surface area contributed by atoms with Crippen molar-refractivity contribution in [3.05, 3.63) is 28.2 Å². The van der Waals surface area contributed by atoms with Crippen molar-refractivity contribution >= 4 is 46.7 Å². The van der Waals surface area contributed by atoms with Crippen LogP contribution >= 0.6 is 23.2 Å². The topological polar surface area (TPSA) is 111 Å². The Bertz CT molecular complexity index is 728. The molecule has 8 nitrogen and oxygen atoms in total. The zero-order valence-corrected chi connectivity index (χ0v) is 18.5. The number of halogens is 2. The summed E-state index contributed by atoms with van der Waals surface area (Å²) in [6.45, 7) is 7.55. The van der Waals surface area contributed by atoms with Crippen molar-refractivity contribution in [3.63, 3.8) is 0 Å². The predicted octanol–water partition coefficient (Wildman–Crippen LogP) is 3.52. The number of carbonyl (C=O) groups is 3. The van der Waals surface area contributed by atoms with E-state index in [2.05, 4.69) is 10.6 Å². The SMILES string of the molecule is CC(C)CCN(CC(=O)NO)C(=O)[C@@H](NC(=O)Nc1cc(Cl)ccc1Cl)C(C)C. The second-order valence-corrected chi connectivity index (χ2v) is 8.27. The fourth-order valence-electron chi connectivity index (χ4n) is 2.49. The molecule has 162 valence electrons. The maximum Gasteiger partial charge on any atom is 0.319 e. The van der Waals surface area contributed by atoms with E-state index in [0.717, 1.165) is 0 Å². The Kier molecular flexibility index (Phi) is 10.2. The van der Waals surface area contributed by atoms with E-state index in [1.807, 2.05) is 13.8 Å². The van der Waals surface area contributed by atoms with E-state index in [-0.39, 0.29) is 12.5 Å². The number of amides is 4. The highest BCUT2D eigenvalue weighted by Crippen LogP contribution is 2.25. The van der Waals surface area contributed by atoms with Crippen LogP contribution in [0.25, 0.3) is 0 Å². The molecule has 0 fully saturated rings. The van der Waals surface area contributed by atoms with Crippen LogP contribution in [-0.4, -0.2) is 47.1 Å². The van der Waals surface area contributed by atoms with Crippen LogP contribution in [0.2, 0.25) is 10.0 Å². The second kappa shape index (κ2) is 11.8. The summed E-state index contributed by atoms with van der Waals surface area (Å²) in [4.78, 5) is 38.4. The molecular weight excluding hydrogens is 419 g/mol. The van der Waals surface area contributed by atoms with Crippen LogP contribution in [0, 0.1) is 11.8 Å². The lowest BCUT2D eigenvalue weighted by atomic mass is 10.0. The number of carbonyl (C=O) groups excluding carboxylic acids is 3. The molecule has 0 aliphatic carbocycles. The largest absolute Gasteiger partial charge is 0.332 e. The quantitative estimate of drug-likeness (QED) is 0.343. The Morgan fingerprint density at radius 2 is 1.79 bits per heavy atom. The van der Waals surface area contributed by atoms with Crippen molar-refractivity contribution < 1.29 is 19.6 Å². The molecule has 0 radical (unpaired) electrons. The Balaban J connectivity index is 2.93. The van der Waals surface area contributed by atoms with E-state index >= 15 is 0 Å². The third-order valence-electron chi connectivity index (χ3n) is 4.14. The summed E-state index contributed by atoms with van der Waals surface area (Å²) in [6, 6.07) is 3.12. The van der Waals surface area contributed by atoms with Crippen molar-refractivity contribution in [3.8, 4) is 0 Å². The number of rotatable bonds is 9. The van der Waals surface area contributed by atoms with Crippen LogP contribution in [-0.2, 0) is 9.59 Å². The first kappa shape index (κ1) is 25.0. The van der Waals surface area contributed by atoms with E-state index in [4.69, 9.17) is 28.4 Å². The number of hydrogen-bond donors (Lipinski definition) is 4. The van der Waals surface area contributed by atoms with Crippen molar-refractivity contribution in [2.24, 2.45) is 11.8 Å². The summed E-state index contributed by atoms with van der Waals surface area (Å²) in [5, 5.41) is 14.7. The molecule has 0 aliphatic rings. The van der Waals surface area contributed by atoms with Gasteiger partial charge in [-0.25, -0.2) is 10.3 Å². The molecule has 0 unspecified atom stereocenters. The number of hydroxylamine groups is 1. The standard InChI is InChI=1S/C19H28Cl2N4O4/c1-11(2)7-8-25(10-16(26)24-29)18(27)17(12(3)4)23-19(28)22-15-9-13(20)5-6-14(15)21/h5-6,9,11-12,17,29H,7-8,10H2,1-4H3,(H,24,26)(H2,22,23,28)/t17-/m0/s1. The van der Waals surface area contributed by atoms with Gasteiger partial charge in [-0.3, -0.25) is 14.8 Å². The lowest BCUT2D eigenvalue weighted by molar-refractivity contribution is -0.141. The highest BCUT2D eigenvalue weighted by molar-refractivity contribution is 6.35. The minimum absolute atomic E-state index is 0.248. The van der Waals surface area contributed by atoms with Crippen LogP contribution < -0.4 is 16.1 Å². The van der Waals surface area contributed by atoms with E-state index in [0.29, 0.717) is 34.6 Å². The maximum atomic E-state index is 13.0. The zero-order valence-electron chi connectivity index (χ0n) is 17.0. The molecule has 0 aliphatic heterocycles. The maximum absolute atomic E-state index is 13.0. The van der Waals surface area contributed by atoms with Gasteiger partial charge in [0, 0.05) is 11.6 Å². The molecule has 1 atom stereocenters. The molecule has 0 aromatic heterocycles. The summed E-state index contributed by atoms with van der Waals surface area (Å²) < 4.78 is 0. The summed E-state index contributed by atoms with van der Waals surface area (Å²) in [5.41, 5.74) is 1.84. The summed E-state index contributed by atoms with van der Waals surface area (Å²) >= 11 is 12.0. The Labute approximate surface area is 180 Å². The molecular formula is C19H28Cl2N4O4. The van der Waals surface area contributed by atoms with Gasteiger partial charge in [0.05, 0.1) is 10.7 Å². The van der Waals surface area contributed by atoms with Crippen LogP contribution in [0.15, 0.2) is 18.2 Å². The van der Waals surface area contributed by atoms with E-state index in [1.54, 1.807) is 26.0 Å². The number of anilines is 1. The predicted molar refractivity (Wildman–Crippen MR) is 113 cm³/mol. The molecule has 1 rings (SSSR count). The summed E-state index contributed by atoms with van der Waals surface area (Å²) in [5.74, 6) is -1.07.